The van der Waals surface area contributed by atoms with Gasteiger partial charge in [0.05, 0.1) is 0 Å². The molecule has 0 N–H and O–H groups in total. The third-order valence-electron chi connectivity index (χ3n) is 3.46. The summed E-state index contributed by atoms with van der Waals surface area (Å²) in [5.74, 6) is 0. The van der Waals surface area contributed by atoms with Crippen LogP contribution in [-0.4, -0.2) is 0 Å². The van der Waals surface area contributed by atoms with Gasteiger partial charge in [-0.2, -0.15) is 0 Å². The van der Waals surface area contributed by atoms with Crippen LogP contribution in [0.3, 0.4) is 0 Å². The molecule has 4 aromatic rings. The molecule has 0 aromatic heterocycles. The molecule has 0 bridgehead atoms. The smallest absolute Gasteiger partial charge is 0.00141 e. The molecular formula is C18H11. The van der Waals surface area contributed by atoms with Crippen LogP contribution in [0.5, 0.6) is 0 Å². The summed E-state index contributed by atoms with van der Waals surface area (Å²) in [5, 5.41) is 7.44. The van der Waals surface area contributed by atoms with Gasteiger partial charge in [0.2, 0.25) is 0 Å². The number of hydrogen-bond donors (Lipinski definition) is 0. The normalized spacial score (nSPS) is 11.3. The first-order valence-electron chi connectivity index (χ1n) is 6.14. The Hall–Kier alpha value is -2.34. The second-order valence-electron chi connectivity index (χ2n) is 4.64. The van der Waals surface area contributed by atoms with Crippen molar-refractivity contribution in [2.45, 2.75) is 0 Å². The molecule has 0 heterocycles. The Morgan fingerprint density at radius 2 is 1.11 bits per heavy atom. The van der Waals surface area contributed by atoms with Crippen molar-refractivity contribution in [1.82, 2.24) is 0 Å². The molecule has 0 spiro atoms. The zero-order chi connectivity index (χ0) is 11.9. The summed E-state index contributed by atoms with van der Waals surface area (Å²) in [7, 11) is 0. The van der Waals surface area contributed by atoms with Crippen LogP contribution >= 0.6 is 0 Å². The van der Waals surface area contributed by atoms with Crippen LogP contribution in [0.2, 0.25) is 0 Å². The van der Waals surface area contributed by atoms with E-state index in [1.54, 1.807) is 0 Å². The van der Waals surface area contributed by atoms with Crippen LogP contribution in [-0.2, 0) is 0 Å². The summed E-state index contributed by atoms with van der Waals surface area (Å²) in [6.45, 7) is 0. The number of fused-ring (bicyclic) bond motifs is 3. The Morgan fingerprint density at radius 1 is 0.500 bits per heavy atom. The van der Waals surface area contributed by atoms with Crippen molar-refractivity contribution in [3.05, 3.63) is 72.8 Å². The molecular weight excluding hydrogens is 216 g/mol. The molecule has 0 aliphatic heterocycles. The van der Waals surface area contributed by atoms with E-state index in [4.69, 9.17) is 0 Å². The predicted octanol–water partition coefficient (Wildman–Crippen LogP) is 4.95. The SMILES string of the molecule is [c]1c2ccccc2cc2cc3ccccc3cc12. The molecule has 1 radical (unpaired) electrons. The maximum atomic E-state index is 3.50. The van der Waals surface area contributed by atoms with Crippen LogP contribution in [0.15, 0.2) is 66.7 Å². The fourth-order valence-electron chi connectivity index (χ4n) is 2.53. The maximum Gasteiger partial charge on any atom is -0.00141 e. The highest BCUT2D eigenvalue weighted by Gasteiger charge is 2.00. The average molecular weight is 227 g/mol. The first kappa shape index (κ1) is 9.67. The summed E-state index contributed by atoms with van der Waals surface area (Å²) < 4.78 is 0. The summed E-state index contributed by atoms with van der Waals surface area (Å²) in [4.78, 5) is 0. The molecule has 4 rings (SSSR count). The third kappa shape index (κ3) is 1.39. The van der Waals surface area contributed by atoms with E-state index in [0.29, 0.717) is 0 Å². The van der Waals surface area contributed by atoms with Gasteiger partial charge in [-0.25, -0.2) is 0 Å². The van der Waals surface area contributed by atoms with Crippen molar-refractivity contribution in [3.8, 4) is 0 Å². The standard InChI is InChI=1S/C18H11/c1-2-6-14-10-18-12-16-8-4-3-7-15(16)11-17(18)9-13(14)5-1/h1-11H. The molecule has 18 heavy (non-hydrogen) atoms. The van der Waals surface area contributed by atoms with E-state index in [9.17, 15) is 0 Å². The number of benzene rings is 4. The lowest BCUT2D eigenvalue weighted by Crippen LogP contribution is -1.78. The molecule has 0 fully saturated rings. The topological polar surface area (TPSA) is 0 Å². The Labute approximate surface area is 105 Å². The van der Waals surface area contributed by atoms with Gasteiger partial charge in [0.15, 0.2) is 0 Å². The predicted molar refractivity (Wildman–Crippen MR) is 77.8 cm³/mol. The number of rotatable bonds is 0. The van der Waals surface area contributed by atoms with Crippen LogP contribution in [0.1, 0.15) is 0 Å². The van der Waals surface area contributed by atoms with Gasteiger partial charge in [-0.1, -0.05) is 48.5 Å². The van der Waals surface area contributed by atoms with Gasteiger partial charge in [-0.15, -0.1) is 0 Å². The van der Waals surface area contributed by atoms with E-state index in [-0.39, 0.29) is 0 Å². The lowest BCUT2D eigenvalue weighted by Gasteiger charge is -2.04. The highest BCUT2D eigenvalue weighted by Crippen LogP contribution is 2.26. The van der Waals surface area contributed by atoms with Gasteiger partial charge >= 0.3 is 0 Å². The zero-order valence-electron chi connectivity index (χ0n) is 9.85. The first-order chi connectivity index (χ1) is 8.90. The van der Waals surface area contributed by atoms with E-state index < -0.39 is 0 Å². The van der Waals surface area contributed by atoms with Crippen LogP contribution in [0, 0.1) is 6.07 Å². The van der Waals surface area contributed by atoms with E-state index in [1.807, 2.05) is 0 Å². The van der Waals surface area contributed by atoms with Crippen molar-refractivity contribution < 1.29 is 0 Å². The molecule has 0 nitrogen and oxygen atoms in total. The molecule has 0 heteroatoms. The monoisotopic (exact) mass is 227 g/mol. The number of hydrogen-bond acceptors (Lipinski definition) is 0. The molecule has 0 aliphatic rings. The van der Waals surface area contributed by atoms with Crippen LogP contribution in [0.25, 0.3) is 32.3 Å². The highest BCUT2D eigenvalue weighted by atomic mass is 14.0. The molecule has 0 saturated heterocycles. The van der Waals surface area contributed by atoms with Crippen molar-refractivity contribution in [2.75, 3.05) is 0 Å². The van der Waals surface area contributed by atoms with Crippen molar-refractivity contribution in [3.63, 3.8) is 0 Å². The summed E-state index contributed by atoms with van der Waals surface area (Å²) in [5.41, 5.74) is 0. The van der Waals surface area contributed by atoms with Gasteiger partial charge in [0, 0.05) is 0 Å². The van der Waals surface area contributed by atoms with Crippen molar-refractivity contribution in [1.29, 1.82) is 0 Å². The molecule has 4 aromatic carbocycles. The van der Waals surface area contributed by atoms with E-state index in [2.05, 4.69) is 72.8 Å². The summed E-state index contributed by atoms with van der Waals surface area (Å²) in [6.07, 6.45) is 0. The summed E-state index contributed by atoms with van der Waals surface area (Å²) >= 11 is 0. The average Bonchev–Trinajstić information content (AvgIpc) is 2.42. The van der Waals surface area contributed by atoms with Gasteiger partial charge in [0.1, 0.15) is 0 Å². The fraction of sp³-hybridized carbons (Fsp3) is 0. The third-order valence-corrected chi connectivity index (χ3v) is 3.46. The first-order valence-corrected chi connectivity index (χ1v) is 6.14. The Morgan fingerprint density at radius 3 is 1.94 bits per heavy atom. The van der Waals surface area contributed by atoms with Gasteiger partial charge in [0.25, 0.3) is 0 Å². The van der Waals surface area contributed by atoms with Gasteiger partial charge in [-0.05, 0) is 56.6 Å². The highest BCUT2D eigenvalue weighted by molar-refractivity contribution is 6.04. The van der Waals surface area contributed by atoms with E-state index >= 15 is 0 Å². The minimum atomic E-state index is 1.18. The fourth-order valence-corrected chi connectivity index (χ4v) is 2.53. The molecule has 0 amide bonds. The van der Waals surface area contributed by atoms with Crippen molar-refractivity contribution >= 4 is 32.3 Å². The van der Waals surface area contributed by atoms with E-state index in [1.165, 1.54) is 32.3 Å². The second kappa shape index (κ2) is 3.58. The Bertz CT molecular complexity index is 728. The minimum Gasteiger partial charge on any atom is -0.0616 e. The van der Waals surface area contributed by atoms with Gasteiger partial charge < -0.3 is 0 Å². The zero-order valence-corrected chi connectivity index (χ0v) is 9.85. The molecule has 0 unspecified atom stereocenters. The quantitative estimate of drug-likeness (QED) is 0.373. The molecule has 83 valence electrons. The minimum absolute atomic E-state index is 1.18. The van der Waals surface area contributed by atoms with Crippen molar-refractivity contribution in [2.24, 2.45) is 0 Å². The molecule has 0 atom stereocenters. The maximum absolute atomic E-state index is 3.50. The van der Waals surface area contributed by atoms with Crippen LogP contribution in [0.4, 0.5) is 0 Å². The van der Waals surface area contributed by atoms with E-state index in [0.717, 1.165) is 0 Å². The van der Waals surface area contributed by atoms with Gasteiger partial charge in [-0.3, -0.25) is 0 Å². The second-order valence-corrected chi connectivity index (χ2v) is 4.64. The molecule has 0 aliphatic carbocycles. The lowest BCUT2D eigenvalue weighted by molar-refractivity contribution is 1.77. The Balaban J connectivity index is 2.20. The lowest BCUT2D eigenvalue weighted by atomic mass is 10.00. The van der Waals surface area contributed by atoms with Crippen LogP contribution < -0.4 is 0 Å². The largest absolute Gasteiger partial charge is 0.0616 e. The summed E-state index contributed by atoms with van der Waals surface area (Å²) in [6, 6.07) is 27.1. The molecule has 0 saturated carbocycles. The Kier molecular flexibility index (Phi) is 1.92.